The van der Waals surface area contributed by atoms with E-state index in [9.17, 15) is 4.79 Å². The Morgan fingerprint density at radius 1 is 1.53 bits per heavy atom. The van der Waals surface area contributed by atoms with Crippen LogP contribution in [0.3, 0.4) is 0 Å². The number of esters is 1. The number of ether oxygens (including phenoxy) is 1. The van der Waals surface area contributed by atoms with Crippen molar-refractivity contribution in [2.75, 3.05) is 18.6 Å². The number of hydrogen-bond acceptors (Lipinski definition) is 5. The van der Waals surface area contributed by atoms with Crippen LogP contribution in [0.4, 0.5) is 5.13 Å². The third-order valence-electron chi connectivity index (χ3n) is 3.65. The second kappa shape index (κ2) is 6.89. The van der Waals surface area contributed by atoms with Crippen LogP contribution in [0.15, 0.2) is 5.38 Å². The zero-order valence-corrected chi connectivity index (χ0v) is 12.5. The summed E-state index contributed by atoms with van der Waals surface area (Å²) in [5.74, 6) is -0.169. The van der Waals surface area contributed by atoms with Gasteiger partial charge in [0.2, 0.25) is 0 Å². The lowest BCUT2D eigenvalue weighted by atomic mass is 10.1. The summed E-state index contributed by atoms with van der Waals surface area (Å²) in [5.41, 5.74) is 1.00. The molecule has 1 unspecified atom stereocenters. The summed E-state index contributed by atoms with van der Waals surface area (Å²) in [7, 11) is 1.42. The van der Waals surface area contributed by atoms with Crippen molar-refractivity contribution in [1.29, 1.82) is 0 Å². The fourth-order valence-electron chi connectivity index (χ4n) is 2.43. The normalized spacial score (nSPS) is 20.1. The number of hydrogen-bond donors (Lipinski definition) is 0. The topological polar surface area (TPSA) is 42.4 Å². The molecule has 2 rings (SSSR count). The Labute approximate surface area is 118 Å². The van der Waals surface area contributed by atoms with Crippen molar-refractivity contribution < 1.29 is 9.53 Å². The van der Waals surface area contributed by atoms with Crippen molar-refractivity contribution >= 4 is 22.4 Å². The third-order valence-corrected chi connectivity index (χ3v) is 4.58. The number of carbonyl (C=O) groups is 1. The van der Waals surface area contributed by atoms with Crippen molar-refractivity contribution in [2.24, 2.45) is 0 Å². The Morgan fingerprint density at radius 3 is 3.16 bits per heavy atom. The molecule has 19 heavy (non-hydrogen) atoms. The van der Waals surface area contributed by atoms with Crippen LogP contribution in [0.25, 0.3) is 0 Å². The van der Waals surface area contributed by atoms with E-state index in [0.29, 0.717) is 18.9 Å². The van der Waals surface area contributed by atoms with Crippen LogP contribution in [0.2, 0.25) is 0 Å². The van der Waals surface area contributed by atoms with Crippen LogP contribution in [0.1, 0.15) is 44.7 Å². The van der Waals surface area contributed by atoms with Crippen LogP contribution in [0.5, 0.6) is 0 Å². The number of anilines is 1. The molecule has 0 spiro atoms. The van der Waals surface area contributed by atoms with Gasteiger partial charge in [-0.25, -0.2) is 4.98 Å². The Balaban J connectivity index is 1.97. The molecule has 0 saturated carbocycles. The molecule has 1 saturated heterocycles. The molecular weight excluding hydrogens is 260 g/mol. The molecule has 0 radical (unpaired) electrons. The van der Waals surface area contributed by atoms with Gasteiger partial charge in [0.25, 0.3) is 0 Å². The molecule has 2 heterocycles. The monoisotopic (exact) mass is 282 g/mol. The molecule has 1 aliphatic rings. The number of nitrogens with zero attached hydrogens (tertiary/aromatic N) is 2. The van der Waals surface area contributed by atoms with E-state index < -0.39 is 0 Å². The van der Waals surface area contributed by atoms with E-state index >= 15 is 0 Å². The fraction of sp³-hybridized carbons (Fsp3) is 0.714. The van der Waals surface area contributed by atoms with Crippen molar-refractivity contribution in [3.8, 4) is 0 Å². The Morgan fingerprint density at radius 2 is 2.37 bits per heavy atom. The quantitative estimate of drug-likeness (QED) is 0.796. The summed E-state index contributed by atoms with van der Waals surface area (Å²) >= 11 is 1.69. The first-order valence-electron chi connectivity index (χ1n) is 6.98. The van der Waals surface area contributed by atoms with Crippen molar-refractivity contribution in [2.45, 2.75) is 51.5 Å². The Kier molecular flexibility index (Phi) is 5.19. The summed E-state index contributed by atoms with van der Waals surface area (Å²) in [6.45, 7) is 3.38. The van der Waals surface area contributed by atoms with Gasteiger partial charge >= 0.3 is 5.97 Å². The van der Waals surface area contributed by atoms with Gasteiger partial charge in [-0.2, -0.15) is 0 Å². The van der Waals surface area contributed by atoms with E-state index in [1.165, 1.54) is 32.8 Å². The van der Waals surface area contributed by atoms with E-state index in [-0.39, 0.29) is 5.97 Å². The molecule has 1 aromatic rings. The minimum absolute atomic E-state index is 0.169. The van der Waals surface area contributed by atoms with Crippen molar-refractivity contribution in [1.82, 2.24) is 4.98 Å². The molecule has 0 aliphatic carbocycles. The zero-order valence-electron chi connectivity index (χ0n) is 11.7. The highest BCUT2D eigenvalue weighted by atomic mass is 32.1. The van der Waals surface area contributed by atoms with Crippen molar-refractivity contribution in [3.63, 3.8) is 0 Å². The lowest BCUT2D eigenvalue weighted by Gasteiger charge is -2.26. The zero-order chi connectivity index (χ0) is 13.7. The summed E-state index contributed by atoms with van der Waals surface area (Å²) in [4.78, 5) is 18.2. The summed E-state index contributed by atoms with van der Waals surface area (Å²) in [6, 6.07) is 0.571. The smallest absolute Gasteiger partial charge is 0.305 e. The highest BCUT2D eigenvalue weighted by Gasteiger charge is 2.19. The van der Waals surface area contributed by atoms with Crippen LogP contribution in [-0.2, 0) is 16.0 Å². The number of thiazole rings is 1. The minimum atomic E-state index is -0.169. The van der Waals surface area contributed by atoms with Crippen molar-refractivity contribution in [3.05, 3.63) is 11.1 Å². The van der Waals surface area contributed by atoms with Gasteiger partial charge in [-0.1, -0.05) is 12.8 Å². The number of aryl methyl sites for hydroxylation is 1. The molecule has 1 fully saturated rings. The summed E-state index contributed by atoms with van der Waals surface area (Å²) < 4.78 is 4.65. The molecule has 0 aromatic carbocycles. The molecule has 106 valence electrons. The standard InChI is InChI=1S/C14H22N2O2S/c1-11-6-4-3-5-9-16(11)14-15-12(10-19-14)7-8-13(17)18-2/h10-11H,3-9H2,1-2H3. The molecule has 1 aromatic heterocycles. The van der Waals surface area contributed by atoms with Crippen LogP contribution in [0, 0.1) is 0 Å². The number of methoxy groups -OCH3 is 1. The lowest BCUT2D eigenvalue weighted by Crippen LogP contribution is -2.32. The van der Waals surface area contributed by atoms with E-state index in [1.54, 1.807) is 11.3 Å². The maximum Gasteiger partial charge on any atom is 0.305 e. The van der Waals surface area contributed by atoms with Crippen LogP contribution >= 0.6 is 11.3 Å². The molecule has 0 bridgehead atoms. The largest absolute Gasteiger partial charge is 0.469 e. The molecule has 4 nitrogen and oxygen atoms in total. The van der Waals surface area contributed by atoms with Gasteiger partial charge < -0.3 is 9.64 Å². The number of carbonyl (C=O) groups excluding carboxylic acids is 1. The Hall–Kier alpha value is -1.10. The van der Waals surface area contributed by atoms with Gasteiger partial charge in [0.05, 0.1) is 19.2 Å². The molecule has 1 atom stereocenters. The average molecular weight is 282 g/mol. The predicted octanol–water partition coefficient (Wildman–Crippen LogP) is 3.02. The second-order valence-corrected chi connectivity index (χ2v) is 5.93. The Bertz CT molecular complexity index is 419. The maximum absolute atomic E-state index is 11.1. The number of rotatable bonds is 4. The molecule has 5 heteroatoms. The average Bonchev–Trinajstić information content (AvgIpc) is 2.78. The van der Waals surface area contributed by atoms with Gasteiger partial charge in [0.1, 0.15) is 0 Å². The first-order chi connectivity index (χ1) is 9.20. The van der Waals surface area contributed by atoms with E-state index in [4.69, 9.17) is 0 Å². The van der Waals surface area contributed by atoms with E-state index in [1.807, 2.05) is 0 Å². The maximum atomic E-state index is 11.1. The van der Waals surface area contributed by atoms with Gasteiger partial charge in [-0.15, -0.1) is 11.3 Å². The highest BCUT2D eigenvalue weighted by molar-refractivity contribution is 7.13. The molecule has 0 N–H and O–H groups in total. The molecular formula is C14H22N2O2S. The lowest BCUT2D eigenvalue weighted by molar-refractivity contribution is -0.140. The highest BCUT2D eigenvalue weighted by Crippen LogP contribution is 2.27. The summed E-state index contributed by atoms with van der Waals surface area (Å²) in [6.07, 6.45) is 6.22. The van der Waals surface area contributed by atoms with E-state index in [0.717, 1.165) is 17.4 Å². The van der Waals surface area contributed by atoms with Gasteiger partial charge in [0.15, 0.2) is 5.13 Å². The fourth-order valence-corrected chi connectivity index (χ4v) is 3.42. The first-order valence-corrected chi connectivity index (χ1v) is 7.86. The van der Waals surface area contributed by atoms with Gasteiger partial charge in [-0.05, 0) is 19.8 Å². The first kappa shape index (κ1) is 14.3. The SMILES string of the molecule is COC(=O)CCc1csc(N2CCCCCC2C)n1. The molecule has 1 aliphatic heterocycles. The number of aromatic nitrogens is 1. The van der Waals surface area contributed by atoms with Gasteiger partial charge in [-0.3, -0.25) is 4.79 Å². The van der Waals surface area contributed by atoms with Gasteiger partial charge in [0, 0.05) is 24.4 Å². The van der Waals surface area contributed by atoms with Crippen LogP contribution < -0.4 is 4.90 Å². The van der Waals surface area contributed by atoms with Crippen LogP contribution in [-0.4, -0.2) is 30.6 Å². The van der Waals surface area contributed by atoms with E-state index in [2.05, 4.69) is 26.9 Å². The minimum Gasteiger partial charge on any atom is -0.469 e. The predicted molar refractivity (Wildman–Crippen MR) is 77.7 cm³/mol. The second-order valence-electron chi connectivity index (χ2n) is 5.09. The third kappa shape index (κ3) is 3.93. The summed E-state index contributed by atoms with van der Waals surface area (Å²) in [5, 5.41) is 3.17. The molecule has 0 amide bonds.